The molecule has 0 unspecified atom stereocenters. The summed E-state index contributed by atoms with van der Waals surface area (Å²) in [6.45, 7) is 12.3. The Bertz CT molecular complexity index is 1520. The summed E-state index contributed by atoms with van der Waals surface area (Å²) < 4.78 is 13.1. The predicted octanol–water partition coefficient (Wildman–Crippen LogP) is 7.56. The van der Waals surface area contributed by atoms with Crippen molar-refractivity contribution in [2.45, 2.75) is 84.0 Å². The third-order valence-corrected chi connectivity index (χ3v) is 8.60. The molecular weight excluding hydrogens is 534 g/mol. The van der Waals surface area contributed by atoms with Crippen LogP contribution in [-0.2, 0) is 6.61 Å². The van der Waals surface area contributed by atoms with Gasteiger partial charge in [0.25, 0.3) is 0 Å². The Kier molecular flexibility index (Phi) is 7.94. The molecule has 226 valence electrons. The zero-order valence-electron chi connectivity index (χ0n) is 26.4. The normalized spacial score (nSPS) is 17.9. The van der Waals surface area contributed by atoms with Gasteiger partial charge in [-0.05, 0) is 108 Å². The number of nitrogens with zero attached hydrogens (tertiary/aromatic N) is 3. The molecule has 2 aliphatic rings. The third-order valence-electron chi connectivity index (χ3n) is 8.60. The molecule has 6 rings (SSSR count). The van der Waals surface area contributed by atoms with Crippen LogP contribution in [0.2, 0.25) is 0 Å². The Morgan fingerprint density at radius 1 is 0.860 bits per heavy atom. The molecule has 2 N–H and O–H groups in total. The highest BCUT2D eigenvalue weighted by atomic mass is 16.5. The summed E-state index contributed by atoms with van der Waals surface area (Å²) in [7, 11) is 2.14. The molecule has 1 aliphatic carbocycles. The van der Waals surface area contributed by atoms with Crippen LogP contribution in [-0.4, -0.2) is 46.0 Å². The van der Waals surface area contributed by atoms with Gasteiger partial charge in [0.05, 0.1) is 12.2 Å². The quantitative estimate of drug-likeness (QED) is 0.202. The van der Waals surface area contributed by atoms with Crippen molar-refractivity contribution in [1.29, 1.82) is 0 Å². The fourth-order valence-electron chi connectivity index (χ4n) is 6.50. The first-order valence-electron chi connectivity index (χ1n) is 15.6. The molecule has 2 aromatic heterocycles. The smallest absolute Gasteiger partial charge is 0.151 e. The molecule has 0 bridgehead atoms. The van der Waals surface area contributed by atoms with E-state index in [1.165, 1.54) is 12.8 Å². The van der Waals surface area contributed by atoms with Crippen LogP contribution in [0.3, 0.4) is 0 Å². The van der Waals surface area contributed by atoms with Crippen molar-refractivity contribution in [2.24, 2.45) is 5.92 Å². The Hall–Kier alpha value is -3.84. The molecule has 2 aromatic carbocycles. The molecule has 7 heteroatoms. The first kappa shape index (κ1) is 29.2. The van der Waals surface area contributed by atoms with E-state index in [1.807, 2.05) is 18.2 Å². The van der Waals surface area contributed by atoms with E-state index < -0.39 is 0 Å². The van der Waals surface area contributed by atoms with Gasteiger partial charge in [-0.3, -0.25) is 0 Å². The van der Waals surface area contributed by atoms with Crippen molar-refractivity contribution >= 4 is 5.82 Å². The lowest BCUT2D eigenvalue weighted by molar-refractivity contribution is 0.160. The maximum absolute atomic E-state index is 6.55. The van der Waals surface area contributed by atoms with Crippen molar-refractivity contribution in [1.82, 2.24) is 20.5 Å². The van der Waals surface area contributed by atoms with Gasteiger partial charge in [0, 0.05) is 41.1 Å². The topological polar surface area (TPSA) is 75.3 Å². The highest BCUT2D eigenvalue weighted by Gasteiger charge is 2.39. The second-order valence-electron chi connectivity index (χ2n) is 13.8. The van der Waals surface area contributed by atoms with Gasteiger partial charge >= 0.3 is 0 Å². The predicted molar refractivity (Wildman–Crippen MR) is 174 cm³/mol. The average Bonchev–Trinajstić information content (AvgIpc) is 3.70. The van der Waals surface area contributed by atoms with Crippen molar-refractivity contribution in [2.75, 3.05) is 18.6 Å². The van der Waals surface area contributed by atoms with Crippen LogP contribution in [0.5, 0.6) is 11.5 Å². The van der Waals surface area contributed by atoms with E-state index in [0.717, 1.165) is 63.9 Å². The van der Waals surface area contributed by atoms with Crippen molar-refractivity contribution in [3.8, 4) is 34.0 Å². The lowest BCUT2D eigenvalue weighted by Gasteiger charge is -2.49. The highest BCUT2D eigenvalue weighted by Crippen LogP contribution is 2.43. The molecule has 1 aliphatic heterocycles. The Morgan fingerprint density at radius 3 is 2.16 bits per heavy atom. The standard InChI is InChI=1S/C36H45N5O2/c1-24-12-15-29(37-24)27-18-31(42-22-25-10-8-7-9-11-25)34(32(19-27)43-23-26-13-14-26)30-16-17-33(39-38-30)41(6)28-20-35(2,3)40-36(4,5)21-28/h7-12,15-19,26,28,37,40H,13-14,20-23H2,1-6H3. The molecule has 43 heavy (non-hydrogen) atoms. The van der Waals surface area contributed by atoms with Gasteiger partial charge < -0.3 is 24.7 Å². The van der Waals surface area contributed by atoms with E-state index in [-0.39, 0.29) is 11.1 Å². The monoisotopic (exact) mass is 579 g/mol. The molecule has 1 saturated carbocycles. The molecule has 0 spiro atoms. The van der Waals surface area contributed by atoms with Crippen LogP contribution < -0.4 is 19.7 Å². The number of aromatic nitrogens is 3. The summed E-state index contributed by atoms with van der Waals surface area (Å²) in [5, 5.41) is 13.3. The molecule has 7 nitrogen and oxygen atoms in total. The molecule has 0 amide bonds. The van der Waals surface area contributed by atoms with Gasteiger partial charge in [0.15, 0.2) is 5.82 Å². The maximum atomic E-state index is 6.55. The first-order valence-corrected chi connectivity index (χ1v) is 15.6. The minimum Gasteiger partial charge on any atom is -0.492 e. The third kappa shape index (κ3) is 7.04. The fourth-order valence-corrected chi connectivity index (χ4v) is 6.50. The van der Waals surface area contributed by atoms with Gasteiger partial charge in [0.2, 0.25) is 0 Å². The van der Waals surface area contributed by atoms with Gasteiger partial charge in [0.1, 0.15) is 23.8 Å². The molecular formula is C36H45N5O2. The second kappa shape index (κ2) is 11.7. The number of ether oxygens (including phenoxy) is 2. The summed E-state index contributed by atoms with van der Waals surface area (Å²) in [6.07, 6.45) is 4.50. The maximum Gasteiger partial charge on any atom is 0.151 e. The van der Waals surface area contributed by atoms with Gasteiger partial charge in [-0.2, -0.15) is 0 Å². The number of aryl methyl sites for hydroxylation is 1. The number of rotatable bonds is 10. The number of hydrogen-bond acceptors (Lipinski definition) is 6. The van der Waals surface area contributed by atoms with Crippen molar-refractivity contribution in [3.05, 3.63) is 78.0 Å². The molecule has 2 fully saturated rings. The van der Waals surface area contributed by atoms with E-state index in [9.17, 15) is 0 Å². The summed E-state index contributed by atoms with van der Waals surface area (Å²) in [6, 6.07) is 23.1. The minimum atomic E-state index is 0.0479. The number of hydrogen-bond donors (Lipinski definition) is 2. The summed E-state index contributed by atoms with van der Waals surface area (Å²) in [5.41, 5.74) is 5.94. The first-order chi connectivity index (χ1) is 20.6. The molecule has 0 atom stereocenters. The van der Waals surface area contributed by atoms with Crippen LogP contribution in [0.25, 0.3) is 22.5 Å². The number of H-pyrrole nitrogens is 1. The SMILES string of the molecule is Cc1ccc(-c2cc(OCc3ccccc3)c(-c3ccc(N(C)C4CC(C)(C)NC(C)(C)C4)nn3)c(OCC3CC3)c2)[nH]1. The second-order valence-corrected chi connectivity index (χ2v) is 13.8. The number of benzene rings is 2. The van der Waals surface area contributed by atoms with Crippen LogP contribution >= 0.6 is 0 Å². The van der Waals surface area contributed by atoms with Crippen LogP contribution in [0, 0.1) is 12.8 Å². The lowest BCUT2D eigenvalue weighted by atomic mass is 9.79. The van der Waals surface area contributed by atoms with Crippen LogP contribution in [0.15, 0.2) is 66.7 Å². The lowest BCUT2D eigenvalue weighted by Crippen LogP contribution is -2.62. The largest absolute Gasteiger partial charge is 0.492 e. The molecule has 4 aromatic rings. The Labute approximate surface area is 256 Å². The number of aromatic amines is 1. The van der Waals surface area contributed by atoms with E-state index in [4.69, 9.17) is 19.7 Å². The van der Waals surface area contributed by atoms with Crippen molar-refractivity contribution < 1.29 is 9.47 Å². The van der Waals surface area contributed by atoms with Crippen LogP contribution in [0.1, 0.15) is 64.6 Å². The van der Waals surface area contributed by atoms with E-state index in [2.05, 4.69) is 105 Å². The Balaban J connectivity index is 1.36. The molecule has 3 heterocycles. The zero-order valence-corrected chi connectivity index (χ0v) is 26.4. The van der Waals surface area contributed by atoms with Gasteiger partial charge in [-0.1, -0.05) is 30.3 Å². The summed E-state index contributed by atoms with van der Waals surface area (Å²) in [4.78, 5) is 5.76. The fraction of sp³-hybridized carbons (Fsp3) is 0.444. The van der Waals surface area contributed by atoms with E-state index >= 15 is 0 Å². The summed E-state index contributed by atoms with van der Waals surface area (Å²) >= 11 is 0. The number of nitrogens with one attached hydrogen (secondary N) is 2. The Morgan fingerprint density at radius 2 is 1.56 bits per heavy atom. The van der Waals surface area contributed by atoms with E-state index in [1.54, 1.807) is 0 Å². The molecule has 1 saturated heterocycles. The average molecular weight is 580 g/mol. The van der Waals surface area contributed by atoms with Gasteiger partial charge in [-0.15, -0.1) is 10.2 Å². The van der Waals surface area contributed by atoms with Crippen LogP contribution in [0.4, 0.5) is 5.82 Å². The summed E-state index contributed by atoms with van der Waals surface area (Å²) in [5.74, 6) is 2.99. The van der Waals surface area contributed by atoms with Crippen molar-refractivity contribution in [3.63, 3.8) is 0 Å². The number of anilines is 1. The minimum absolute atomic E-state index is 0.0479. The highest BCUT2D eigenvalue weighted by molar-refractivity contribution is 5.80. The zero-order chi connectivity index (χ0) is 30.2. The number of piperidine rings is 1. The van der Waals surface area contributed by atoms with Gasteiger partial charge in [-0.25, -0.2) is 0 Å². The molecule has 0 radical (unpaired) electrons. The van der Waals surface area contributed by atoms with E-state index in [0.29, 0.717) is 25.2 Å².